The molecule has 2 aromatic rings. The number of aryl methyl sites for hydroxylation is 1. The van der Waals surface area contributed by atoms with Gasteiger partial charge in [-0.15, -0.1) is 24.0 Å². The van der Waals surface area contributed by atoms with Crippen molar-refractivity contribution in [1.29, 1.82) is 5.26 Å². The van der Waals surface area contributed by atoms with Crippen LogP contribution in [0, 0.1) is 11.3 Å². The molecule has 0 saturated carbocycles. The minimum absolute atomic E-state index is 0. The largest absolute Gasteiger partial charge is 0.213 e. The number of aromatic nitrogens is 1. The summed E-state index contributed by atoms with van der Waals surface area (Å²) in [5.74, 6) is 0. The third kappa shape index (κ3) is 1.70. The summed E-state index contributed by atoms with van der Waals surface area (Å²) in [6.45, 7) is 0. The Balaban J connectivity index is 0.000000980. The van der Waals surface area contributed by atoms with E-state index in [9.17, 15) is 0 Å². The summed E-state index contributed by atoms with van der Waals surface area (Å²) >= 11 is 0. The highest BCUT2D eigenvalue weighted by molar-refractivity contribution is 14.0. The number of halogens is 1. The molecule has 2 rings (SSSR count). The van der Waals surface area contributed by atoms with Crippen molar-refractivity contribution < 1.29 is 4.57 Å². The van der Waals surface area contributed by atoms with Crippen molar-refractivity contribution in [3.8, 4) is 6.07 Å². The molecule has 0 radical (unpaired) electrons. The fourth-order valence-corrected chi connectivity index (χ4v) is 1.46. The number of rotatable bonds is 0. The van der Waals surface area contributed by atoms with Crippen molar-refractivity contribution in [2.45, 2.75) is 0 Å². The Morgan fingerprint density at radius 2 is 1.93 bits per heavy atom. The van der Waals surface area contributed by atoms with Gasteiger partial charge in [0.15, 0.2) is 6.20 Å². The number of hydrogen-bond acceptors (Lipinski definition) is 1. The first kappa shape index (κ1) is 10.9. The van der Waals surface area contributed by atoms with Crippen LogP contribution in [0.15, 0.2) is 36.5 Å². The lowest BCUT2D eigenvalue weighted by molar-refractivity contribution is -0.644. The molecule has 14 heavy (non-hydrogen) atoms. The molecule has 0 aliphatic carbocycles. The van der Waals surface area contributed by atoms with Crippen molar-refractivity contribution >= 4 is 34.9 Å². The summed E-state index contributed by atoms with van der Waals surface area (Å²) in [5.41, 5.74) is 1.82. The maximum atomic E-state index is 8.87. The van der Waals surface area contributed by atoms with Crippen LogP contribution in [0.1, 0.15) is 5.56 Å². The molecule has 0 atom stereocenters. The average Bonchev–Trinajstić information content (AvgIpc) is 2.19. The number of para-hydroxylation sites is 1. The van der Waals surface area contributed by atoms with E-state index in [1.807, 2.05) is 48.1 Å². The molecule has 0 unspecified atom stereocenters. The number of pyridine rings is 1. The molecular formula is C11H10IN2+. The van der Waals surface area contributed by atoms with Gasteiger partial charge in [0, 0.05) is 12.1 Å². The molecule has 0 aliphatic heterocycles. The van der Waals surface area contributed by atoms with E-state index in [0.29, 0.717) is 0 Å². The first-order valence-electron chi connectivity index (χ1n) is 4.10. The van der Waals surface area contributed by atoms with Crippen molar-refractivity contribution in [3.63, 3.8) is 0 Å². The number of fused-ring (bicyclic) bond motifs is 1. The fourth-order valence-electron chi connectivity index (χ4n) is 1.46. The average molecular weight is 297 g/mol. The predicted molar refractivity (Wildman–Crippen MR) is 65.3 cm³/mol. The first-order valence-corrected chi connectivity index (χ1v) is 4.10. The van der Waals surface area contributed by atoms with E-state index in [4.69, 9.17) is 5.26 Å². The van der Waals surface area contributed by atoms with Crippen molar-refractivity contribution in [1.82, 2.24) is 0 Å². The summed E-state index contributed by atoms with van der Waals surface area (Å²) < 4.78 is 2.01. The van der Waals surface area contributed by atoms with Crippen LogP contribution in [0.25, 0.3) is 10.9 Å². The molecule has 0 fully saturated rings. The van der Waals surface area contributed by atoms with E-state index in [-0.39, 0.29) is 24.0 Å². The normalized spacial score (nSPS) is 9.14. The monoisotopic (exact) mass is 297 g/mol. The third-order valence-corrected chi connectivity index (χ3v) is 2.16. The Kier molecular flexibility index (Phi) is 3.42. The second-order valence-corrected chi connectivity index (χ2v) is 2.97. The molecule has 1 aromatic carbocycles. The highest BCUT2D eigenvalue weighted by Crippen LogP contribution is 2.13. The molecule has 70 valence electrons. The number of benzene rings is 1. The zero-order chi connectivity index (χ0) is 9.26. The number of nitriles is 1. The standard InChI is InChI=1S/C11H9N2.HI/c1-13-7-6-9(8-12)10-4-2-3-5-11(10)13;/h2-7H,1H3;1H/q+1;. The smallest absolute Gasteiger partial charge is 0.201 e. The molecule has 2 nitrogen and oxygen atoms in total. The van der Waals surface area contributed by atoms with Gasteiger partial charge in [0.25, 0.3) is 0 Å². The molecule has 1 aromatic heterocycles. The summed E-state index contributed by atoms with van der Waals surface area (Å²) in [5, 5.41) is 9.88. The SMILES string of the molecule is C[n+]1ccc(C#N)c2ccccc21.I. The summed E-state index contributed by atoms with van der Waals surface area (Å²) in [4.78, 5) is 0. The van der Waals surface area contributed by atoms with E-state index in [1.165, 1.54) is 0 Å². The van der Waals surface area contributed by atoms with E-state index in [0.717, 1.165) is 16.5 Å². The van der Waals surface area contributed by atoms with Crippen molar-refractivity contribution in [2.24, 2.45) is 7.05 Å². The van der Waals surface area contributed by atoms with Gasteiger partial charge in [-0.05, 0) is 6.07 Å². The Hall–Kier alpha value is -1.15. The van der Waals surface area contributed by atoms with E-state index >= 15 is 0 Å². The van der Waals surface area contributed by atoms with Crippen LogP contribution in [-0.2, 0) is 7.05 Å². The minimum atomic E-state index is 0. The molecular weight excluding hydrogens is 287 g/mol. The van der Waals surface area contributed by atoms with Gasteiger partial charge >= 0.3 is 0 Å². The topological polar surface area (TPSA) is 27.7 Å². The molecule has 1 heterocycles. The van der Waals surface area contributed by atoms with Gasteiger partial charge in [0.1, 0.15) is 13.1 Å². The fraction of sp³-hybridized carbons (Fsp3) is 0.0909. The lowest BCUT2D eigenvalue weighted by atomic mass is 10.1. The zero-order valence-corrected chi connectivity index (χ0v) is 10.1. The van der Waals surface area contributed by atoms with E-state index in [1.54, 1.807) is 0 Å². The molecule has 0 spiro atoms. The van der Waals surface area contributed by atoms with Crippen LogP contribution in [0.2, 0.25) is 0 Å². The second kappa shape index (κ2) is 4.38. The van der Waals surface area contributed by atoms with Crippen LogP contribution >= 0.6 is 24.0 Å². The highest BCUT2D eigenvalue weighted by atomic mass is 127. The van der Waals surface area contributed by atoms with Gasteiger partial charge in [-0.25, -0.2) is 4.57 Å². The minimum Gasteiger partial charge on any atom is -0.201 e. The first-order chi connectivity index (χ1) is 6.33. The zero-order valence-electron chi connectivity index (χ0n) is 7.77. The van der Waals surface area contributed by atoms with Gasteiger partial charge in [0.05, 0.1) is 10.9 Å². The van der Waals surface area contributed by atoms with Crippen LogP contribution in [0.3, 0.4) is 0 Å². The predicted octanol–water partition coefficient (Wildman–Crippen LogP) is 2.15. The quantitative estimate of drug-likeness (QED) is 0.541. The maximum absolute atomic E-state index is 8.87. The van der Waals surface area contributed by atoms with Gasteiger partial charge in [-0.2, -0.15) is 5.26 Å². The van der Waals surface area contributed by atoms with Gasteiger partial charge < -0.3 is 0 Å². The Bertz CT molecular complexity index is 500. The van der Waals surface area contributed by atoms with Crippen molar-refractivity contribution in [2.75, 3.05) is 0 Å². The molecule has 3 heteroatoms. The number of nitrogens with zero attached hydrogens (tertiary/aromatic N) is 2. The van der Waals surface area contributed by atoms with Crippen LogP contribution in [0.5, 0.6) is 0 Å². The maximum Gasteiger partial charge on any atom is 0.213 e. The lowest BCUT2D eigenvalue weighted by Crippen LogP contribution is -2.28. The highest BCUT2D eigenvalue weighted by Gasteiger charge is 2.06. The third-order valence-electron chi connectivity index (χ3n) is 2.16. The van der Waals surface area contributed by atoms with Crippen LogP contribution < -0.4 is 4.57 Å². The lowest BCUT2D eigenvalue weighted by Gasteiger charge is -1.96. The van der Waals surface area contributed by atoms with Gasteiger partial charge in [-0.1, -0.05) is 12.1 Å². The van der Waals surface area contributed by atoms with E-state index < -0.39 is 0 Å². The van der Waals surface area contributed by atoms with E-state index in [2.05, 4.69) is 6.07 Å². The molecule has 0 amide bonds. The summed E-state index contributed by atoms with van der Waals surface area (Å²) in [6, 6.07) is 11.9. The number of hydrogen-bond donors (Lipinski definition) is 0. The summed E-state index contributed by atoms with van der Waals surface area (Å²) in [6.07, 6.45) is 1.90. The Labute approximate surface area is 99.8 Å². The molecule has 0 aliphatic rings. The molecule has 0 N–H and O–H groups in total. The van der Waals surface area contributed by atoms with Crippen LogP contribution in [-0.4, -0.2) is 0 Å². The van der Waals surface area contributed by atoms with Gasteiger partial charge in [0.2, 0.25) is 5.52 Å². The summed E-state index contributed by atoms with van der Waals surface area (Å²) in [7, 11) is 1.98. The Morgan fingerprint density at radius 3 is 2.64 bits per heavy atom. The Morgan fingerprint density at radius 1 is 1.21 bits per heavy atom. The molecule has 0 bridgehead atoms. The van der Waals surface area contributed by atoms with Gasteiger partial charge in [-0.3, -0.25) is 0 Å². The van der Waals surface area contributed by atoms with Crippen LogP contribution in [0.4, 0.5) is 0 Å². The second-order valence-electron chi connectivity index (χ2n) is 2.97. The molecule has 0 saturated heterocycles. The van der Waals surface area contributed by atoms with Crippen molar-refractivity contribution in [3.05, 3.63) is 42.1 Å².